The number of rotatable bonds is 1. The Morgan fingerprint density at radius 1 is 1.40 bits per heavy atom. The van der Waals surface area contributed by atoms with Crippen LogP contribution in [0.2, 0.25) is 0 Å². The molecule has 2 nitrogen and oxygen atoms in total. The monoisotopic (exact) mass is 203 g/mol. The van der Waals surface area contributed by atoms with Crippen LogP contribution in [-0.4, -0.2) is 28.7 Å². The second-order valence-corrected chi connectivity index (χ2v) is 4.79. The smallest absolute Gasteiger partial charge is 0.0664 e. The molecule has 0 aliphatic carbocycles. The van der Waals surface area contributed by atoms with Gasteiger partial charge in [-0.05, 0) is 18.4 Å². The molecule has 4 atom stereocenters. The maximum Gasteiger partial charge on any atom is 0.0664 e. The Bertz CT molecular complexity index is 356. The van der Waals surface area contributed by atoms with Crippen molar-refractivity contribution < 1.29 is 5.11 Å². The molecule has 3 rings (SSSR count). The van der Waals surface area contributed by atoms with Crippen LogP contribution < -0.4 is 0 Å². The highest BCUT2D eigenvalue weighted by atomic mass is 16.3. The Labute approximate surface area is 90.6 Å². The summed E-state index contributed by atoms with van der Waals surface area (Å²) in [5, 5.41) is 9.39. The Balaban J connectivity index is 1.98. The van der Waals surface area contributed by atoms with E-state index in [0.717, 1.165) is 6.42 Å². The summed E-state index contributed by atoms with van der Waals surface area (Å²) >= 11 is 0. The average molecular weight is 203 g/mol. The molecule has 15 heavy (non-hydrogen) atoms. The second-order valence-electron chi connectivity index (χ2n) is 4.79. The molecular weight excluding hydrogens is 186 g/mol. The van der Waals surface area contributed by atoms with Crippen molar-refractivity contribution in [3.05, 3.63) is 36.1 Å². The third-order valence-electron chi connectivity index (χ3n) is 4.03. The minimum absolute atomic E-state index is 0.311. The fourth-order valence-corrected chi connectivity index (χ4v) is 3.09. The highest BCUT2D eigenvalue weighted by Crippen LogP contribution is 2.41. The molecule has 0 aromatic heterocycles. The normalized spacial score (nSPS) is 41.7. The molecule has 3 heterocycles. The van der Waals surface area contributed by atoms with E-state index in [1.807, 2.05) is 0 Å². The molecule has 0 saturated carbocycles. The first-order valence-corrected chi connectivity index (χ1v) is 5.77. The van der Waals surface area contributed by atoms with Crippen molar-refractivity contribution in [2.45, 2.75) is 25.4 Å². The van der Waals surface area contributed by atoms with Crippen LogP contribution in [0.15, 0.2) is 36.1 Å². The number of hydrogen-bond donors (Lipinski definition) is 1. The third kappa shape index (κ3) is 1.21. The minimum Gasteiger partial charge on any atom is -0.396 e. The van der Waals surface area contributed by atoms with Crippen molar-refractivity contribution in [1.82, 2.24) is 4.90 Å². The number of allylic oxidation sites excluding steroid dienone is 3. The van der Waals surface area contributed by atoms with Crippen LogP contribution in [0, 0.1) is 11.8 Å². The van der Waals surface area contributed by atoms with Crippen LogP contribution in [0.1, 0.15) is 13.3 Å². The first-order chi connectivity index (χ1) is 7.31. The number of nitrogens with zero attached hydrogens (tertiary/aromatic N) is 1. The molecule has 80 valence electrons. The van der Waals surface area contributed by atoms with Crippen LogP contribution in [0.3, 0.4) is 0 Å². The van der Waals surface area contributed by atoms with Crippen LogP contribution in [0.4, 0.5) is 0 Å². The van der Waals surface area contributed by atoms with E-state index in [1.54, 1.807) is 0 Å². The summed E-state index contributed by atoms with van der Waals surface area (Å²) in [6.45, 7) is 2.54. The van der Waals surface area contributed by atoms with E-state index < -0.39 is 0 Å². The van der Waals surface area contributed by atoms with Gasteiger partial charge in [-0.2, -0.15) is 0 Å². The van der Waals surface area contributed by atoms with Gasteiger partial charge in [0.25, 0.3) is 0 Å². The SMILES string of the molecule is C[C@H]1C2=CC=CC3C=CC(C[C@@H]1CO)N23. The number of piperidine rings is 1. The van der Waals surface area contributed by atoms with Gasteiger partial charge in [-0.15, -0.1) is 0 Å². The highest BCUT2D eigenvalue weighted by molar-refractivity contribution is 5.34. The maximum absolute atomic E-state index is 9.39. The zero-order valence-corrected chi connectivity index (χ0v) is 9.00. The third-order valence-corrected chi connectivity index (χ3v) is 4.03. The van der Waals surface area contributed by atoms with Crippen molar-refractivity contribution in [2.24, 2.45) is 11.8 Å². The van der Waals surface area contributed by atoms with Crippen molar-refractivity contribution in [1.29, 1.82) is 0 Å². The Kier molecular flexibility index (Phi) is 1.99. The molecule has 0 aromatic carbocycles. The number of hydrogen-bond acceptors (Lipinski definition) is 2. The lowest BCUT2D eigenvalue weighted by atomic mass is 9.80. The van der Waals surface area contributed by atoms with E-state index in [4.69, 9.17) is 0 Å². The second kappa shape index (κ2) is 3.24. The Hall–Kier alpha value is -1.02. The fraction of sp³-hybridized carbons (Fsp3) is 0.538. The molecule has 2 unspecified atom stereocenters. The van der Waals surface area contributed by atoms with Gasteiger partial charge in [-0.25, -0.2) is 0 Å². The van der Waals surface area contributed by atoms with Crippen molar-refractivity contribution >= 4 is 0 Å². The molecule has 0 amide bonds. The number of aliphatic hydroxyl groups excluding tert-OH is 1. The molecule has 1 N–H and O–H groups in total. The van der Waals surface area contributed by atoms with E-state index in [2.05, 4.69) is 42.2 Å². The van der Waals surface area contributed by atoms with Gasteiger partial charge >= 0.3 is 0 Å². The lowest BCUT2D eigenvalue weighted by molar-refractivity contribution is 0.0994. The highest BCUT2D eigenvalue weighted by Gasteiger charge is 2.40. The summed E-state index contributed by atoms with van der Waals surface area (Å²) in [5.74, 6) is 0.908. The summed E-state index contributed by atoms with van der Waals surface area (Å²) in [7, 11) is 0. The van der Waals surface area contributed by atoms with Gasteiger partial charge in [0, 0.05) is 24.3 Å². The van der Waals surface area contributed by atoms with Crippen molar-refractivity contribution in [3.63, 3.8) is 0 Å². The fourth-order valence-electron chi connectivity index (χ4n) is 3.09. The summed E-state index contributed by atoms with van der Waals surface area (Å²) in [6, 6.07) is 0.983. The van der Waals surface area contributed by atoms with Gasteiger partial charge in [0.05, 0.1) is 6.04 Å². The zero-order chi connectivity index (χ0) is 10.4. The van der Waals surface area contributed by atoms with Gasteiger partial charge in [0.1, 0.15) is 0 Å². The van der Waals surface area contributed by atoms with Gasteiger partial charge in [-0.1, -0.05) is 31.2 Å². The van der Waals surface area contributed by atoms with E-state index in [0.29, 0.717) is 30.5 Å². The quantitative estimate of drug-likeness (QED) is 0.656. The van der Waals surface area contributed by atoms with Crippen LogP contribution >= 0.6 is 0 Å². The average Bonchev–Trinajstić information content (AvgIpc) is 2.68. The molecule has 3 aliphatic heterocycles. The predicted molar refractivity (Wildman–Crippen MR) is 60.1 cm³/mol. The summed E-state index contributed by atoms with van der Waals surface area (Å²) in [5.41, 5.74) is 1.41. The molecule has 1 fully saturated rings. The minimum atomic E-state index is 0.311. The zero-order valence-electron chi connectivity index (χ0n) is 9.00. The lowest BCUT2D eigenvalue weighted by Gasteiger charge is -2.45. The molecule has 0 spiro atoms. The van der Waals surface area contributed by atoms with E-state index in [-0.39, 0.29) is 0 Å². The molecule has 1 saturated heterocycles. The van der Waals surface area contributed by atoms with Crippen molar-refractivity contribution in [2.75, 3.05) is 6.61 Å². The molecule has 3 aliphatic rings. The summed E-state index contributed by atoms with van der Waals surface area (Å²) in [4.78, 5) is 2.50. The topological polar surface area (TPSA) is 23.5 Å². The summed E-state index contributed by atoms with van der Waals surface area (Å²) < 4.78 is 0. The largest absolute Gasteiger partial charge is 0.396 e. The Morgan fingerprint density at radius 3 is 3.07 bits per heavy atom. The summed E-state index contributed by atoms with van der Waals surface area (Å²) in [6.07, 6.45) is 12.3. The van der Waals surface area contributed by atoms with Gasteiger partial charge in [-0.3, -0.25) is 0 Å². The maximum atomic E-state index is 9.39. The molecular formula is C13H17NO. The molecule has 2 heteroatoms. The van der Waals surface area contributed by atoms with Gasteiger partial charge < -0.3 is 10.0 Å². The first-order valence-electron chi connectivity index (χ1n) is 5.77. The molecule has 0 bridgehead atoms. The van der Waals surface area contributed by atoms with Crippen molar-refractivity contribution in [3.8, 4) is 0 Å². The molecule has 0 aromatic rings. The Morgan fingerprint density at radius 2 is 2.27 bits per heavy atom. The lowest BCUT2D eigenvalue weighted by Crippen LogP contribution is -2.46. The van der Waals surface area contributed by atoms with Crippen LogP contribution in [0.5, 0.6) is 0 Å². The predicted octanol–water partition coefficient (Wildman–Crippen LogP) is 1.70. The first kappa shape index (κ1) is 9.22. The number of aliphatic hydroxyl groups is 1. The molecule has 0 radical (unpaired) electrons. The van der Waals surface area contributed by atoms with Gasteiger partial charge in [0.15, 0.2) is 0 Å². The standard InChI is InChI=1S/C13H17NO/c1-9-10(8-15)7-12-6-5-11-3-2-4-13(9)14(11)12/h2-6,9-12,15H,7-8H2,1H3/t9-,10-,11?,12?/m1/s1. The van der Waals surface area contributed by atoms with E-state index in [1.165, 1.54) is 5.70 Å². The van der Waals surface area contributed by atoms with Gasteiger partial charge in [0.2, 0.25) is 0 Å². The van der Waals surface area contributed by atoms with E-state index >= 15 is 0 Å². The van der Waals surface area contributed by atoms with E-state index in [9.17, 15) is 5.11 Å². The van der Waals surface area contributed by atoms with Crippen LogP contribution in [0.25, 0.3) is 0 Å². The van der Waals surface area contributed by atoms with Crippen LogP contribution in [-0.2, 0) is 0 Å².